The summed E-state index contributed by atoms with van der Waals surface area (Å²) in [6.07, 6.45) is 6.03. The smallest absolute Gasteiger partial charge is 0.150 e. The van der Waals surface area contributed by atoms with Crippen LogP contribution < -0.4 is 11.6 Å². The zero-order chi connectivity index (χ0) is 15.0. The van der Waals surface area contributed by atoms with Gasteiger partial charge in [0.05, 0.1) is 0 Å². The van der Waals surface area contributed by atoms with Gasteiger partial charge in [-0.15, -0.1) is 0 Å². The van der Waals surface area contributed by atoms with Crippen molar-refractivity contribution >= 4 is 33.3 Å². The maximum atomic E-state index is 6.17. The minimum Gasteiger partial charge on any atom is -0.382 e. The summed E-state index contributed by atoms with van der Waals surface area (Å²) in [5, 5.41) is 0.670. The molecule has 3 rings (SSSR count). The van der Waals surface area contributed by atoms with Gasteiger partial charge in [-0.2, -0.15) is 0 Å². The monoisotopic (exact) mass is 368 g/mol. The number of hydrogen-bond donors (Lipinski definition) is 2. The molecular weight excluding hydrogens is 352 g/mol. The highest BCUT2D eigenvalue weighted by Gasteiger charge is 2.24. The lowest BCUT2D eigenvalue weighted by Gasteiger charge is -2.20. The number of nitrogen functional groups attached to an aromatic ring is 2. The van der Waals surface area contributed by atoms with Gasteiger partial charge in [0.2, 0.25) is 0 Å². The van der Waals surface area contributed by atoms with Crippen molar-refractivity contribution < 1.29 is 0 Å². The SMILES string of the molecule is Nc1c(-c2ccc(Cl)cc2Br)nc(C2CCCCC2)n1N. The van der Waals surface area contributed by atoms with Crippen molar-refractivity contribution in [3.63, 3.8) is 0 Å². The zero-order valence-corrected chi connectivity index (χ0v) is 14.0. The minimum atomic E-state index is 0.408. The Morgan fingerprint density at radius 3 is 2.62 bits per heavy atom. The van der Waals surface area contributed by atoms with Gasteiger partial charge in [0, 0.05) is 21.0 Å². The Kier molecular flexibility index (Phi) is 4.13. The molecule has 6 heteroatoms. The second-order valence-electron chi connectivity index (χ2n) is 5.53. The fourth-order valence-electron chi connectivity index (χ4n) is 2.99. The first kappa shape index (κ1) is 14.7. The summed E-state index contributed by atoms with van der Waals surface area (Å²) < 4.78 is 2.42. The van der Waals surface area contributed by atoms with E-state index in [9.17, 15) is 0 Å². The molecule has 1 aliphatic carbocycles. The van der Waals surface area contributed by atoms with E-state index in [4.69, 9.17) is 28.2 Å². The lowest BCUT2D eigenvalue weighted by Crippen LogP contribution is -2.19. The highest BCUT2D eigenvalue weighted by molar-refractivity contribution is 9.10. The van der Waals surface area contributed by atoms with E-state index in [-0.39, 0.29) is 0 Å². The van der Waals surface area contributed by atoms with Crippen LogP contribution in [0.2, 0.25) is 5.02 Å². The third-order valence-electron chi connectivity index (χ3n) is 4.13. The average Bonchev–Trinajstić information content (AvgIpc) is 2.77. The molecule has 1 saturated carbocycles. The van der Waals surface area contributed by atoms with Crippen molar-refractivity contribution in [1.82, 2.24) is 9.66 Å². The predicted molar refractivity (Wildman–Crippen MR) is 90.8 cm³/mol. The van der Waals surface area contributed by atoms with Crippen LogP contribution in [0.4, 0.5) is 5.82 Å². The van der Waals surface area contributed by atoms with Crippen LogP contribution in [-0.2, 0) is 0 Å². The highest BCUT2D eigenvalue weighted by Crippen LogP contribution is 2.37. The lowest BCUT2D eigenvalue weighted by atomic mass is 9.89. The zero-order valence-electron chi connectivity index (χ0n) is 11.6. The third kappa shape index (κ3) is 2.77. The molecule has 112 valence electrons. The summed E-state index contributed by atoms with van der Waals surface area (Å²) >= 11 is 9.51. The second-order valence-corrected chi connectivity index (χ2v) is 6.82. The van der Waals surface area contributed by atoms with Gasteiger partial charge in [-0.25, -0.2) is 9.66 Å². The van der Waals surface area contributed by atoms with Crippen LogP contribution >= 0.6 is 27.5 Å². The summed E-state index contributed by atoms with van der Waals surface area (Å²) in [4.78, 5) is 4.73. The Hall–Kier alpha value is -1.20. The van der Waals surface area contributed by atoms with E-state index in [1.807, 2.05) is 18.2 Å². The van der Waals surface area contributed by atoms with Crippen molar-refractivity contribution in [3.05, 3.63) is 33.5 Å². The van der Waals surface area contributed by atoms with E-state index in [1.165, 1.54) is 19.3 Å². The standard InChI is InChI=1S/C15H18BrClN4/c16-12-8-10(17)6-7-11(12)13-14(18)21(19)15(20-13)9-4-2-1-3-5-9/h6-9H,1-5,18-19H2. The summed E-state index contributed by atoms with van der Waals surface area (Å²) in [6.45, 7) is 0. The number of imidazole rings is 1. The fourth-order valence-corrected chi connectivity index (χ4v) is 3.86. The minimum absolute atomic E-state index is 0.408. The molecule has 2 aromatic rings. The number of aromatic nitrogens is 2. The van der Waals surface area contributed by atoms with Crippen LogP contribution in [-0.4, -0.2) is 9.66 Å². The molecule has 4 nitrogen and oxygen atoms in total. The largest absolute Gasteiger partial charge is 0.382 e. The lowest BCUT2D eigenvalue weighted by molar-refractivity contribution is 0.424. The van der Waals surface area contributed by atoms with E-state index < -0.39 is 0 Å². The number of nitrogens with two attached hydrogens (primary N) is 2. The van der Waals surface area contributed by atoms with E-state index in [0.29, 0.717) is 16.8 Å². The molecule has 0 atom stereocenters. The Balaban J connectivity index is 2.03. The number of benzene rings is 1. The van der Waals surface area contributed by atoms with Gasteiger partial charge in [0.1, 0.15) is 11.5 Å². The summed E-state index contributed by atoms with van der Waals surface area (Å²) in [7, 11) is 0. The van der Waals surface area contributed by atoms with E-state index in [1.54, 1.807) is 4.68 Å². The second kappa shape index (κ2) is 5.89. The molecule has 0 spiro atoms. The van der Waals surface area contributed by atoms with Crippen LogP contribution in [0.25, 0.3) is 11.3 Å². The molecule has 0 unspecified atom stereocenters. The van der Waals surface area contributed by atoms with Crippen LogP contribution in [0.5, 0.6) is 0 Å². The molecule has 21 heavy (non-hydrogen) atoms. The number of rotatable bonds is 2. The molecular formula is C15H18BrClN4. The summed E-state index contributed by atoms with van der Waals surface area (Å²) in [5.41, 5.74) is 7.81. The number of nitrogens with zero attached hydrogens (tertiary/aromatic N) is 2. The molecule has 0 bridgehead atoms. The van der Waals surface area contributed by atoms with Crippen molar-refractivity contribution in [2.75, 3.05) is 11.6 Å². The first-order valence-corrected chi connectivity index (χ1v) is 8.33. The Bertz CT molecular complexity index is 662. The van der Waals surface area contributed by atoms with Gasteiger partial charge >= 0.3 is 0 Å². The average molecular weight is 370 g/mol. The first-order valence-electron chi connectivity index (χ1n) is 7.16. The molecule has 0 radical (unpaired) electrons. The van der Waals surface area contributed by atoms with Crippen LogP contribution in [0.15, 0.2) is 22.7 Å². The molecule has 1 aliphatic rings. The first-order chi connectivity index (χ1) is 10.1. The van der Waals surface area contributed by atoms with E-state index in [2.05, 4.69) is 15.9 Å². The summed E-state index contributed by atoms with van der Waals surface area (Å²) in [6, 6.07) is 5.58. The van der Waals surface area contributed by atoms with Crippen LogP contribution in [0, 0.1) is 0 Å². The predicted octanol–water partition coefficient (Wildman–Crippen LogP) is 4.31. The van der Waals surface area contributed by atoms with Crippen molar-refractivity contribution in [3.8, 4) is 11.3 Å². The van der Waals surface area contributed by atoms with Crippen LogP contribution in [0.1, 0.15) is 43.8 Å². The molecule has 1 aromatic heterocycles. The van der Waals surface area contributed by atoms with Gasteiger partial charge in [-0.3, -0.25) is 0 Å². The normalized spacial score (nSPS) is 16.3. The Morgan fingerprint density at radius 1 is 1.24 bits per heavy atom. The van der Waals surface area contributed by atoms with Gasteiger partial charge in [0.25, 0.3) is 0 Å². The quantitative estimate of drug-likeness (QED) is 0.775. The van der Waals surface area contributed by atoms with Gasteiger partial charge in [-0.1, -0.05) is 52.9 Å². The maximum Gasteiger partial charge on any atom is 0.150 e. The molecule has 0 saturated heterocycles. The van der Waals surface area contributed by atoms with E-state index >= 15 is 0 Å². The van der Waals surface area contributed by atoms with Gasteiger partial charge in [0.15, 0.2) is 5.82 Å². The molecule has 4 N–H and O–H groups in total. The Labute approximate surface area is 137 Å². The topological polar surface area (TPSA) is 69.9 Å². The number of anilines is 1. The summed E-state index contributed by atoms with van der Waals surface area (Å²) in [5.74, 6) is 7.94. The van der Waals surface area contributed by atoms with Gasteiger partial charge < -0.3 is 11.6 Å². The number of halogens is 2. The molecule has 0 amide bonds. The van der Waals surface area contributed by atoms with Crippen LogP contribution in [0.3, 0.4) is 0 Å². The van der Waals surface area contributed by atoms with Crippen molar-refractivity contribution in [2.45, 2.75) is 38.0 Å². The highest BCUT2D eigenvalue weighted by atomic mass is 79.9. The molecule has 0 aliphatic heterocycles. The van der Waals surface area contributed by atoms with Gasteiger partial charge in [-0.05, 0) is 25.0 Å². The Morgan fingerprint density at radius 2 is 1.95 bits per heavy atom. The fraction of sp³-hybridized carbons (Fsp3) is 0.400. The molecule has 1 aromatic carbocycles. The third-order valence-corrected chi connectivity index (χ3v) is 5.02. The van der Waals surface area contributed by atoms with Crippen molar-refractivity contribution in [2.24, 2.45) is 0 Å². The van der Waals surface area contributed by atoms with E-state index in [0.717, 1.165) is 34.4 Å². The molecule has 1 fully saturated rings. The molecule has 1 heterocycles. The maximum absolute atomic E-state index is 6.17. The number of hydrogen-bond acceptors (Lipinski definition) is 3. The van der Waals surface area contributed by atoms with Crippen molar-refractivity contribution in [1.29, 1.82) is 0 Å².